The monoisotopic (exact) mass is 189 g/mol. The molecule has 0 aliphatic carbocycles. The largest absolute Gasteiger partial charge is 0.476 e. The normalized spacial score (nSPS) is 14.2. The van der Waals surface area contributed by atoms with Gasteiger partial charge in [-0.25, -0.2) is 4.99 Å². The molecule has 0 saturated heterocycles. The van der Waals surface area contributed by atoms with E-state index >= 15 is 0 Å². The topological polar surface area (TPSA) is 21.6 Å². The molecule has 1 aromatic carbocycles. The third-order valence-electron chi connectivity index (χ3n) is 2.38. The van der Waals surface area contributed by atoms with Crippen LogP contribution in [0.4, 0.5) is 5.69 Å². The summed E-state index contributed by atoms with van der Waals surface area (Å²) < 4.78 is 5.56. The SMILES string of the molecule is CCCCC1=Nc2ccccc2CO1. The standard InChI is InChI=1S/C12H15NO/c1-2-3-8-12-13-11-7-5-4-6-10(11)9-14-12/h4-7H,2-3,8-9H2,1H3. The highest BCUT2D eigenvalue weighted by Gasteiger charge is 2.10. The molecule has 1 aromatic rings. The fraction of sp³-hybridized carbons (Fsp3) is 0.417. The molecule has 0 bridgehead atoms. The zero-order valence-corrected chi connectivity index (χ0v) is 8.49. The summed E-state index contributed by atoms with van der Waals surface area (Å²) >= 11 is 0. The van der Waals surface area contributed by atoms with Crippen LogP contribution in [0, 0.1) is 0 Å². The Labute approximate surface area is 84.6 Å². The van der Waals surface area contributed by atoms with Crippen LogP contribution in [0.1, 0.15) is 31.7 Å². The third kappa shape index (κ3) is 1.95. The van der Waals surface area contributed by atoms with Crippen molar-refractivity contribution in [2.75, 3.05) is 0 Å². The zero-order chi connectivity index (χ0) is 9.80. The van der Waals surface area contributed by atoms with E-state index < -0.39 is 0 Å². The van der Waals surface area contributed by atoms with Gasteiger partial charge in [-0.3, -0.25) is 0 Å². The molecule has 0 saturated carbocycles. The fourth-order valence-corrected chi connectivity index (χ4v) is 1.53. The Hall–Kier alpha value is -1.31. The van der Waals surface area contributed by atoms with Gasteiger partial charge in [0.2, 0.25) is 0 Å². The quantitative estimate of drug-likeness (QED) is 0.713. The lowest BCUT2D eigenvalue weighted by molar-refractivity contribution is 0.277. The lowest BCUT2D eigenvalue weighted by atomic mass is 10.1. The summed E-state index contributed by atoms with van der Waals surface area (Å²) in [5.41, 5.74) is 2.26. The molecular formula is C12H15NO. The van der Waals surface area contributed by atoms with E-state index in [4.69, 9.17) is 4.74 Å². The number of rotatable bonds is 3. The van der Waals surface area contributed by atoms with Crippen molar-refractivity contribution in [2.45, 2.75) is 32.8 Å². The van der Waals surface area contributed by atoms with Gasteiger partial charge in [0.05, 0.1) is 5.69 Å². The van der Waals surface area contributed by atoms with Gasteiger partial charge >= 0.3 is 0 Å². The van der Waals surface area contributed by atoms with Gasteiger partial charge in [0.1, 0.15) is 6.61 Å². The van der Waals surface area contributed by atoms with Crippen LogP contribution in [0.15, 0.2) is 29.3 Å². The van der Waals surface area contributed by atoms with E-state index in [0.29, 0.717) is 6.61 Å². The second kappa shape index (κ2) is 4.27. The maximum Gasteiger partial charge on any atom is 0.188 e. The van der Waals surface area contributed by atoms with Crippen LogP contribution < -0.4 is 0 Å². The van der Waals surface area contributed by atoms with Crippen molar-refractivity contribution in [1.29, 1.82) is 0 Å². The number of hydrogen-bond donors (Lipinski definition) is 0. The van der Waals surface area contributed by atoms with E-state index in [1.54, 1.807) is 0 Å². The first-order valence-electron chi connectivity index (χ1n) is 5.18. The number of para-hydroxylation sites is 1. The van der Waals surface area contributed by atoms with E-state index in [2.05, 4.69) is 18.0 Å². The van der Waals surface area contributed by atoms with Crippen molar-refractivity contribution >= 4 is 11.6 Å². The Kier molecular flexibility index (Phi) is 2.82. The van der Waals surface area contributed by atoms with E-state index in [1.165, 1.54) is 12.0 Å². The summed E-state index contributed by atoms with van der Waals surface area (Å²) in [6.45, 7) is 2.86. The van der Waals surface area contributed by atoms with E-state index in [1.807, 2.05) is 18.2 Å². The first kappa shape index (κ1) is 9.25. The summed E-state index contributed by atoms with van der Waals surface area (Å²) in [5, 5.41) is 0. The van der Waals surface area contributed by atoms with Gasteiger partial charge in [-0.15, -0.1) is 0 Å². The number of hydrogen-bond acceptors (Lipinski definition) is 2. The van der Waals surface area contributed by atoms with Crippen molar-refractivity contribution in [3.63, 3.8) is 0 Å². The summed E-state index contributed by atoms with van der Waals surface area (Å²) in [7, 11) is 0. The maximum atomic E-state index is 5.56. The van der Waals surface area contributed by atoms with Crippen molar-refractivity contribution in [3.8, 4) is 0 Å². The summed E-state index contributed by atoms with van der Waals surface area (Å²) in [6, 6.07) is 8.15. The van der Waals surface area contributed by atoms with Crippen molar-refractivity contribution in [1.82, 2.24) is 0 Å². The Balaban J connectivity index is 2.14. The highest BCUT2D eigenvalue weighted by atomic mass is 16.5. The van der Waals surface area contributed by atoms with Crippen LogP contribution in [-0.4, -0.2) is 5.90 Å². The minimum Gasteiger partial charge on any atom is -0.476 e. The molecule has 0 aromatic heterocycles. The number of aliphatic imine (C=N–C) groups is 1. The smallest absolute Gasteiger partial charge is 0.188 e. The van der Waals surface area contributed by atoms with Crippen LogP contribution in [0.2, 0.25) is 0 Å². The molecular weight excluding hydrogens is 174 g/mol. The minimum atomic E-state index is 0.679. The average molecular weight is 189 g/mol. The average Bonchev–Trinajstić information content (AvgIpc) is 2.26. The van der Waals surface area contributed by atoms with Crippen LogP contribution in [-0.2, 0) is 11.3 Å². The predicted octanol–water partition coefficient (Wildman–Crippen LogP) is 3.44. The van der Waals surface area contributed by atoms with Gasteiger partial charge in [-0.2, -0.15) is 0 Å². The Morgan fingerprint density at radius 3 is 3.07 bits per heavy atom. The third-order valence-corrected chi connectivity index (χ3v) is 2.38. The van der Waals surface area contributed by atoms with E-state index in [9.17, 15) is 0 Å². The van der Waals surface area contributed by atoms with Gasteiger partial charge < -0.3 is 4.74 Å². The molecule has 0 spiro atoms. The lowest BCUT2D eigenvalue weighted by Gasteiger charge is -2.16. The highest BCUT2D eigenvalue weighted by molar-refractivity contribution is 5.81. The Bertz CT molecular complexity index is 344. The fourth-order valence-electron chi connectivity index (χ4n) is 1.53. The number of ether oxygens (including phenoxy) is 1. The Morgan fingerprint density at radius 2 is 2.21 bits per heavy atom. The molecule has 0 amide bonds. The van der Waals surface area contributed by atoms with E-state index in [0.717, 1.165) is 24.4 Å². The number of nitrogens with zero attached hydrogens (tertiary/aromatic N) is 1. The lowest BCUT2D eigenvalue weighted by Crippen LogP contribution is -2.09. The van der Waals surface area contributed by atoms with Crippen LogP contribution in [0.5, 0.6) is 0 Å². The minimum absolute atomic E-state index is 0.679. The molecule has 0 atom stereocenters. The molecule has 1 aliphatic heterocycles. The van der Waals surface area contributed by atoms with Crippen LogP contribution >= 0.6 is 0 Å². The van der Waals surface area contributed by atoms with Gasteiger partial charge in [0.15, 0.2) is 5.90 Å². The second-order valence-electron chi connectivity index (χ2n) is 3.53. The first-order chi connectivity index (χ1) is 6.90. The van der Waals surface area contributed by atoms with Crippen LogP contribution in [0.25, 0.3) is 0 Å². The van der Waals surface area contributed by atoms with Crippen molar-refractivity contribution in [3.05, 3.63) is 29.8 Å². The molecule has 0 unspecified atom stereocenters. The molecule has 1 heterocycles. The predicted molar refractivity (Wildman–Crippen MR) is 57.9 cm³/mol. The summed E-state index contributed by atoms with van der Waals surface area (Å²) in [5.74, 6) is 0.894. The highest BCUT2D eigenvalue weighted by Crippen LogP contribution is 2.24. The molecule has 2 heteroatoms. The maximum absolute atomic E-state index is 5.56. The number of benzene rings is 1. The molecule has 74 valence electrons. The van der Waals surface area contributed by atoms with Crippen LogP contribution in [0.3, 0.4) is 0 Å². The van der Waals surface area contributed by atoms with Gasteiger partial charge in [-0.05, 0) is 12.5 Å². The molecule has 2 nitrogen and oxygen atoms in total. The zero-order valence-electron chi connectivity index (χ0n) is 8.49. The first-order valence-corrected chi connectivity index (χ1v) is 5.18. The summed E-state index contributed by atoms with van der Waals surface area (Å²) in [4.78, 5) is 4.48. The van der Waals surface area contributed by atoms with Gasteiger partial charge in [0, 0.05) is 12.0 Å². The molecule has 2 rings (SSSR count). The molecule has 0 radical (unpaired) electrons. The van der Waals surface area contributed by atoms with Crippen molar-refractivity contribution in [2.24, 2.45) is 4.99 Å². The Morgan fingerprint density at radius 1 is 1.36 bits per heavy atom. The molecule has 1 aliphatic rings. The molecule has 0 fully saturated rings. The second-order valence-corrected chi connectivity index (χ2v) is 3.53. The van der Waals surface area contributed by atoms with Gasteiger partial charge in [0.25, 0.3) is 0 Å². The van der Waals surface area contributed by atoms with E-state index in [-0.39, 0.29) is 0 Å². The number of fused-ring (bicyclic) bond motifs is 1. The van der Waals surface area contributed by atoms with Gasteiger partial charge in [-0.1, -0.05) is 31.5 Å². The molecule has 0 N–H and O–H groups in total. The molecule has 14 heavy (non-hydrogen) atoms. The van der Waals surface area contributed by atoms with Crippen molar-refractivity contribution < 1.29 is 4.74 Å². The summed E-state index contributed by atoms with van der Waals surface area (Å²) in [6.07, 6.45) is 3.30. The number of unbranched alkanes of at least 4 members (excludes halogenated alkanes) is 1.